The van der Waals surface area contributed by atoms with E-state index >= 15 is 0 Å². The third kappa shape index (κ3) is 5.12. The second-order valence-electron chi connectivity index (χ2n) is 10.4. The highest BCUT2D eigenvalue weighted by molar-refractivity contribution is 5.72. The molecule has 0 bridgehead atoms. The van der Waals surface area contributed by atoms with E-state index in [1.165, 1.54) is 0 Å². The smallest absolute Gasteiger partial charge is 0.407 e. The highest BCUT2D eigenvalue weighted by atomic mass is 16.5. The van der Waals surface area contributed by atoms with E-state index in [2.05, 4.69) is 42.2 Å². The Morgan fingerprint density at radius 3 is 2.74 bits per heavy atom. The van der Waals surface area contributed by atoms with E-state index in [0.29, 0.717) is 12.4 Å². The molecule has 3 atom stereocenters. The van der Waals surface area contributed by atoms with Crippen LogP contribution in [0.3, 0.4) is 0 Å². The van der Waals surface area contributed by atoms with Crippen molar-refractivity contribution in [3.63, 3.8) is 0 Å². The first-order valence-corrected chi connectivity index (χ1v) is 12.3. The van der Waals surface area contributed by atoms with Crippen LogP contribution in [0.25, 0.3) is 5.52 Å². The number of ether oxygens (including phenoxy) is 1. The van der Waals surface area contributed by atoms with Crippen LogP contribution < -0.4 is 5.32 Å². The summed E-state index contributed by atoms with van der Waals surface area (Å²) in [4.78, 5) is 18.2. The predicted octanol–water partition coefficient (Wildman–Crippen LogP) is 4.99. The van der Waals surface area contributed by atoms with Crippen LogP contribution in [0.4, 0.5) is 16.4 Å². The van der Waals surface area contributed by atoms with Gasteiger partial charge in [0.1, 0.15) is 11.3 Å². The zero-order valence-corrected chi connectivity index (χ0v) is 21.5. The van der Waals surface area contributed by atoms with E-state index in [4.69, 9.17) is 9.84 Å². The lowest BCUT2D eigenvalue weighted by molar-refractivity contribution is 0.102. The largest absolute Gasteiger partial charge is 0.465 e. The molecule has 0 saturated heterocycles. The minimum Gasteiger partial charge on any atom is -0.465 e. The van der Waals surface area contributed by atoms with Crippen molar-refractivity contribution in [2.45, 2.75) is 90.4 Å². The number of methoxy groups -OCH3 is 1. The van der Waals surface area contributed by atoms with E-state index < -0.39 is 6.09 Å². The van der Waals surface area contributed by atoms with Gasteiger partial charge in [-0.3, -0.25) is 0 Å². The van der Waals surface area contributed by atoms with Crippen LogP contribution in [0, 0.1) is 0 Å². The second kappa shape index (κ2) is 9.85. The Labute approximate surface area is 206 Å². The summed E-state index contributed by atoms with van der Waals surface area (Å²) in [6, 6.07) is 4.08. The molecule has 0 aliphatic heterocycles. The molecule has 10 nitrogen and oxygen atoms in total. The van der Waals surface area contributed by atoms with Gasteiger partial charge < -0.3 is 20.1 Å². The van der Waals surface area contributed by atoms with Gasteiger partial charge in [-0.05, 0) is 59.4 Å². The average molecular weight is 484 g/mol. The Kier molecular flexibility index (Phi) is 7.02. The average Bonchev–Trinajstić information content (AvgIpc) is 3.51. The Morgan fingerprint density at radius 1 is 1.31 bits per heavy atom. The molecule has 4 rings (SSSR count). The maximum atomic E-state index is 11.9. The number of nitrogens with zero attached hydrogens (tertiary/aromatic N) is 6. The summed E-state index contributed by atoms with van der Waals surface area (Å²) in [5.74, 6) is 1.75. The van der Waals surface area contributed by atoms with Gasteiger partial charge in [0, 0.05) is 43.6 Å². The summed E-state index contributed by atoms with van der Waals surface area (Å²) in [7, 11) is 1.65. The van der Waals surface area contributed by atoms with Crippen molar-refractivity contribution in [1.82, 2.24) is 29.3 Å². The molecule has 0 aromatic carbocycles. The van der Waals surface area contributed by atoms with E-state index in [-0.39, 0.29) is 23.5 Å². The van der Waals surface area contributed by atoms with Crippen LogP contribution in [0.1, 0.15) is 77.6 Å². The Bertz CT molecular complexity index is 1180. The molecule has 3 aromatic rings. The third-order valence-corrected chi connectivity index (χ3v) is 6.85. The van der Waals surface area contributed by atoms with Crippen LogP contribution in [0.2, 0.25) is 0 Å². The fraction of sp³-hybridized carbons (Fsp3) is 0.600. The van der Waals surface area contributed by atoms with Crippen molar-refractivity contribution in [3.8, 4) is 0 Å². The number of nitrogens with one attached hydrogen (secondary N) is 1. The van der Waals surface area contributed by atoms with Gasteiger partial charge in [0.2, 0.25) is 0 Å². The van der Waals surface area contributed by atoms with Crippen molar-refractivity contribution in [2.24, 2.45) is 0 Å². The number of anilines is 2. The van der Waals surface area contributed by atoms with Gasteiger partial charge in [-0.15, -0.1) is 0 Å². The Hall–Kier alpha value is -3.14. The number of rotatable bonds is 8. The van der Waals surface area contributed by atoms with E-state index in [1.54, 1.807) is 22.7 Å². The van der Waals surface area contributed by atoms with Crippen LogP contribution >= 0.6 is 0 Å². The fourth-order valence-electron chi connectivity index (χ4n) is 4.99. The number of carbonyl (C=O) groups is 1. The van der Waals surface area contributed by atoms with Crippen molar-refractivity contribution >= 4 is 23.2 Å². The molecule has 0 unspecified atom stereocenters. The lowest BCUT2D eigenvalue weighted by atomic mass is 10.0. The summed E-state index contributed by atoms with van der Waals surface area (Å²) in [6.45, 7) is 10.8. The molecule has 35 heavy (non-hydrogen) atoms. The van der Waals surface area contributed by atoms with Gasteiger partial charge in [-0.1, -0.05) is 6.92 Å². The SMILES string of the molecule is CC[C@H](C)N(C(=O)O)[C@@H]1CC[C@H](c2cc(Nc3nccn4nc(COC)cc34)n(C(C)(C)C)n2)C1. The molecule has 2 N–H and O–H groups in total. The highest BCUT2D eigenvalue weighted by Crippen LogP contribution is 2.39. The molecule has 1 aliphatic rings. The van der Waals surface area contributed by atoms with E-state index in [0.717, 1.165) is 48.4 Å². The van der Waals surface area contributed by atoms with Crippen LogP contribution in [0.15, 0.2) is 24.5 Å². The van der Waals surface area contributed by atoms with Gasteiger partial charge in [0.25, 0.3) is 0 Å². The van der Waals surface area contributed by atoms with Crippen LogP contribution in [-0.2, 0) is 16.9 Å². The molecular weight excluding hydrogens is 446 g/mol. The lowest BCUT2D eigenvalue weighted by Crippen LogP contribution is -2.44. The summed E-state index contributed by atoms with van der Waals surface area (Å²) in [5, 5.41) is 22.8. The maximum Gasteiger partial charge on any atom is 0.407 e. The molecule has 1 aliphatic carbocycles. The lowest BCUT2D eigenvalue weighted by Gasteiger charge is -2.31. The van der Waals surface area contributed by atoms with Crippen molar-refractivity contribution in [3.05, 3.63) is 35.9 Å². The van der Waals surface area contributed by atoms with Gasteiger partial charge in [-0.2, -0.15) is 10.2 Å². The topological polar surface area (TPSA) is 110 Å². The molecule has 1 fully saturated rings. The minimum absolute atomic E-state index is 0.00540. The standard InChI is InChI=1S/C25H37N7O3/c1-7-16(2)31(24(33)34)19-9-8-17(12-19)20-14-22(32(29-20)25(3,4)5)27-23-21-13-18(15-35-6)28-30(21)11-10-26-23/h10-11,13-14,16-17,19H,7-9,12,15H2,1-6H3,(H,26,27)(H,33,34)/t16-,17-,19+/m0/s1. The summed E-state index contributed by atoms with van der Waals surface area (Å²) >= 11 is 0. The summed E-state index contributed by atoms with van der Waals surface area (Å²) in [5.41, 5.74) is 2.42. The number of fused-ring (bicyclic) bond motifs is 1. The van der Waals surface area contributed by atoms with Crippen molar-refractivity contribution in [1.29, 1.82) is 0 Å². The number of carboxylic acid groups (broad SMARTS) is 1. The Balaban J connectivity index is 1.62. The molecule has 190 valence electrons. The predicted molar refractivity (Wildman–Crippen MR) is 134 cm³/mol. The molecule has 1 saturated carbocycles. The second-order valence-corrected chi connectivity index (χ2v) is 10.4. The fourth-order valence-corrected chi connectivity index (χ4v) is 4.99. The maximum absolute atomic E-state index is 11.9. The monoisotopic (exact) mass is 483 g/mol. The van der Waals surface area contributed by atoms with E-state index in [9.17, 15) is 9.90 Å². The first kappa shape index (κ1) is 25.0. The number of amides is 1. The van der Waals surface area contributed by atoms with Gasteiger partial charge in [-0.25, -0.2) is 19.0 Å². The summed E-state index contributed by atoms with van der Waals surface area (Å²) in [6.07, 6.45) is 6.06. The number of hydrogen-bond acceptors (Lipinski definition) is 6. The van der Waals surface area contributed by atoms with Crippen molar-refractivity contribution < 1.29 is 14.6 Å². The molecule has 10 heteroatoms. The number of aromatic nitrogens is 5. The van der Waals surface area contributed by atoms with Gasteiger partial charge in [0.05, 0.1) is 23.5 Å². The first-order valence-electron chi connectivity index (χ1n) is 12.3. The highest BCUT2D eigenvalue weighted by Gasteiger charge is 2.36. The minimum atomic E-state index is -0.833. The van der Waals surface area contributed by atoms with Crippen molar-refractivity contribution in [2.75, 3.05) is 12.4 Å². The third-order valence-electron chi connectivity index (χ3n) is 6.85. The quantitative estimate of drug-likeness (QED) is 0.465. The van der Waals surface area contributed by atoms with Crippen LogP contribution in [0.5, 0.6) is 0 Å². The normalized spacial score (nSPS) is 19.3. The molecule has 3 heterocycles. The number of hydrogen-bond donors (Lipinski definition) is 2. The van der Waals surface area contributed by atoms with Crippen LogP contribution in [-0.4, -0.2) is 59.7 Å². The first-order chi connectivity index (χ1) is 16.6. The zero-order chi connectivity index (χ0) is 25.3. The van der Waals surface area contributed by atoms with E-state index in [1.807, 2.05) is 30.8 Å². The van der Waals surface area contributed by atoms with Gasteiger partial charge in [0.15, 0.2) is 5.82 Å². The molecule has 0 radical (unpaired) electrons. The summed E-state index contributed by atoms with van der Waals surface area (Å²) < 4.78 is 9.02. The van der Waals surface area contributed by atoms with Gasteiger partial charge >= 0.3 is 6.09 Å². The molecular formula is C25H37N7O3. The molecule has 3 aromatic heterocycles. The molecule has 0 spiro atoms. The Morgan fingerprint density at radius 2 is 2.09 bits per heavy atom. The molecule has 1 amide bonds. The zero-order valence-electron chi connectivity index (χ0n) is 21.5.